The Bertz CT molecular complexity index is 1320. The van der Waals surface area contributed by atoms with Gasteiger partial charge in [0, 0.05) is 21.2 Å². The minimum Gasteiger partial charge on any atom is -0.455 e. The molecule has 0 fully saturated rings. The Morgan fingerprint density at radius 3 is 2.64 bits per heavy atom. The number of carbonyl (C=O) groups is 2. The molecule has 4 rings (SSSR count). The summed E-state index contributed by atoms with van der Waals surface area (Å²) in [5, 5.41) is 4.66. The van der Waals surface area contributed by atoms with E-state index in [1.54, 1.807) is 41.7 Å². The molecule has 1 aromatic heterocycles. The zero-order valence-electron chi connectivity index (χ0n) is 17.4. The van der Waals surface area contributed by atoms with Gasteiger partial charge in [-0.05, 0) is 67.1 Å². The zero-order chi connectivity index (χ0) is 23.4. The number of thioether (sulfide) groups is 1. The predicted molar refractivity (Wildman–Crippen MR) is 137 cm³/mol. The van der Waals surface area contributed by atoms with Gasteiger partial charge < -0.3 is 10.1 Å². The van der Waals surface area contributed by atoms with Crippen LogP contribution < -0.4 is 5.32 Å². The number of hydrogen-bond donors (Lipinski definition) is 1. The molecule has 168 valence electrons. The molecule has 0 aliphatic rings. The maximum Gasteiger partial charge on any atom is 0.316 e. The molecule has 0 unspecified atom stereocenters. The average Bonchev–Trinajstić information content (AvgIpc) is 3.22. The molecule has 0 aliphatic carbocycles. The summed E-state index contributed by atoms with van der Waals surface area (Å²) in [6.07, 6.45) is 0. The molecule has 3 aromatic carbocycles. The van der Waals surface area contributed by atoms with Gasteiger partial charge in [0.05, 0.1) is 21.0 Å². The quantitative estimate of drug-likeness (QED) is 0.215. The monoisotopic (exact) mass is 516 g/mol. The Morgan fingerprint density at radius 2 is 1.85 bits per heavy atom. The van der Waals surface area contributed by atoms with Gasteiger partial charge in [0.1, 0.15) is 5.01 Å². The number of carbonyl (C=O) groups excluding carboxylic acids is 2. The lowest BCUT2D eigenvalue weighted by Gasteiger charge is -2.08. The molecular weight excluding hydrogens is 499 g/mol. The first-order valence-corrected chi connectivity index (χ1v) is 12.4. The molecule has 0 saturated heterocycles. The van der Waals surface area contributed by atoms with Crippen LogP contribution in [0.2, 0.25) is 10.0 Å². The maximum absolute atomic E-state index is 12.2. The van der Waals surface area contributed by atoms with E-state index in [2.05, 4.69) is 23.3 Å². The number of amides is 1. The molecule has 1 N–H and O–H groups in total. The number of aryl methyl sites for hydroxylation is 1. The van der Waals surface area contributed by atoms with Gasteiger partial charge in [0.2, 0.25) is 0 Å². The van der Waals surface area contributed by atoms with Crippen LogP contribution >= 0.6 is 46.3 Å². The molecule has 0 bridgehead atoms. The fraction of sp³-hybridized carbons (Fsp3) is 0.125. The maximum atomic E-state index is 12.2. The molecule has 33 heavy (non-hydrogen) atoms. The number of thiazole rings is 1. The van der Waals surface area contributed by atoms with Crippen LogP contribution in [0, 0.1) is 6.92 Å². The lowest BCUT2D eigenvalue weighted by Crippen LogP contribution is -2.21. The lowest BCUT2D eigenvalue weighted by atomic mass is 10.2. The number of anilines is 1. The highest BCUT2D eigenvalue weighted by Gasteiger charge is 2.11. The largest absolute Gasteiger partial charge is 0.455 e. The van der Waals surface area contributed by atoms with Crippen molar-refractivity contribution in [3.63, 3.8) is 0 Å². The molecule has 0 spiro atoms. The van der Waals surface area contributed by atoms with Gasteiger partial charge in [-0.2, -0.15) is 0 Å². The Balaban J connectivity index is 1.27. The van der Waals surface area contributed by atoms with E-state index in [0.717, 1.165) is 20.8 Å². The van der Waals surface area contributed by atoms with E-state index in [9.17, 15) is 9.59 Å². The van der Waals surface area contributed by atoms with E-state index in [-0.39, 0.29) is 12.4 Å². The van der Waals surface area contributed by atoms with Crippen molar-refractivity contribution in [2.75, 3.05) is 17.7 Å². The summed E-state index contributed by atoms with van der Waals surface area (Å²) >= 11 is 14.8. The molecule has 0 saturated carbocycles. The molecule has 1 heterocycles. The van der Waals surface area contributed by atoms with Crippen molar-refractivity contribution in [1.82, 2.24) is 4.98 Å². The second-order valence-corrected chi connectivity index (χ2v) is 10.0. The molecular formula is C24H18Cl2N2O3S2. The fourth-order valence-corrected chi connectivity index (χ4v) is 5.32. The lowest BCUT2D eigenvalue weighted by molar-refractivity contribution is -0.144. The predicted octanol–water partition coefficient (Wildman–Crippen LogP) is 6.85. The van der Waals surface area contributed by atoms with Gasteiger partial charge in [-0.15, -0.1) is 23.1 Å². The molecule has 1 amide bonds. The van der Waals surface area contributed by atoms with Gasteiger partial charge in [-0.1, -0.05) is 29.3 Å². The summed E-state index contributed by atoms with van der Waals surface area (Å²) in [5.41, 5.74) is 3.74. The van der Waals surface area contributed by atoms with E-state index in [1.807, 2.05) is 24.3 Å². The van der Waals surface area contributed by atoms with Gasteiger partial charge in [-0.3, -0.25) is 9.59 Å². The second-order valence-electron chi connectivity index (χ2n) is 7.14. The Morgan fingerprint density at radius 1 is 1.06 bits per heavy atom. The van der Waals surface area contributed by atoms with E-state index in [0.29, 0.717) is 20.6 Å². The number of fused-ring (bicyclic) bond motifs is 1. The SMILES string of the molecule is Cc1ccc2nc(-c3ccc(NC(=O)COC(=O)CSc4cc(Cl)ccc4Cl)cc3)sc2c1. The number of hydrogen-bond acceptors (Lipinski definition) is 6. The van der Waals surface area contributed by atoms with Crippen LogP contribution in [0.1, 0.15) is 5.56 Å². The second kappa shape index (κ2) is 10.6. The first kappa shape index (κ1) is 23.6. The minimum atomic E-state index is -0.521. The van der Waals surface area contributed by atoms with Crippen LogP contribution in [-0.4, -0.2) is 29.2 Å². The zero-order valence-corrected chi connectivity index (χ0v) is 20.6. The number of nitrogens with one attached hydrogen (secondary N) is 1. The van der Waals surface area contributed by atoms with Gasteiger partial charge in [0.15, 0.2) is 6.61 Å². The highest BCUT2D eigenvalue weighted by molar-refractivity contribution is 8.00. The molecule has 0 radical (unpaired) electrons. The highest BCUT2D eigenvalue weighted by atomic mass is 35.5. The van der Waals surface area contributed by atoms with Crippen LogP contribution in [0.25, 0.3) is 20.8 Å². The number of halogens is 2. The number of rotatable bonds is 7. The van der Waals surface area contributed by atoms with Crippen molar-refractivity contribution in [2.24, 2.45) is 0 Å². The summed E-state index contributed by atoms with van der Waals surface area (Å²) in [5.74, 6) is -0.922. The van der Waals surface area contributed by atoms with E-state index in [1.165, 1.54) is 17.3 Å². The van der Waals surface area contributed by atoms with Crippen LogP contribution in [0.15, 0.2) is 65.6 Å². The summed E-state index contributed by atoms with van der Waals surface area (Å²) in [6.45, 7) is 1.68. The van der Waals surface area contributed by atoms with Crippen LogP contribution in [0.5, 0.6) is 0 Å². The Kier molecular flexibility index (Phi) is 7.55. The third-order valence-electron chi connectivity index (χ3n) is 4.56. The number of aromatic nitrogens is 1. The topological polar surface area (TPSA) is 68.3 Å². The summed E-state index contributed by atoms with van der Waals surface area (Å²) in [6, 6.07) is 18.6. The summed E-state index contributed by atoms with van der Waals surface area (Å²) < 4.78 is 6.19. The molecule has 4 aromatic rings. The Hall–Kier alpha value is -2.58. The van der Waals surface area contributed by atoms with Crippen molar-refractivity contribution in [2.45, 2.75) is 11.8 Å². The van der Waals surface area contributed by atoms with Crippen molar-refractivity contribution in [3.8, 4) is 10.6 Å². The van der Waals surface area contributed by atoms with Gasteiger partial charge in [0.25, 0.3) is 5.91 Å². The standard InChI is InChI=1S/C24H18Cl2N2O3S2/c1-14-2-9-19-21(10-14)33-24(28-19)15-3-6-17(7-4-15)27-22(29)12-31-23(30)13-32-20-11-16(25)5-8-18(20)26/h2-11H,12-13H2,1H3,(H,27,29). The van der Waals surface area contributed by atoms with E-state index < -0.39 is 11.9 Å². The Labute approximate surface area is 209 Å². The third kappa shape index (κ3) is 6.26. The van der Waals surface area contributed by atoms with Crippen LogP contribution in [0.4, 0.5) is 5.69 Å². The first-order valence-electron chi connectivity index (χ1n) is 9.88. The fourth-order valence-electron chi connectivity index (χ4n) is 2.96. The molecule has 0 aliphatic heterocycles. The number of esters is 1. The molecule has 5 nitrogen and oxygen atoms in total. The summed E-state index contributed by atoms with van der Waals surface area (Å²) in [7, 11) is 0. The van der Waals surface area contributed by atoms with Crippen LogP contribution in [-0.2, 0) is 14.3 Å². The number of ether oxygens (including phenoxy) is 1. The van der Waals surface area contributed by atoms with E-state index in [4.69, 9.17) is 27.9 Å². The van der Waals surface area contributed by atoms with E-state index >= 15 is 0 Å². The first-order chi connectivity index (χ1) is 15.9. The number of benzene rings is 3. The summed E-state index contributed by atoms with van der Waals surface area (Å²) in [4.78, 5) is 29.5. The van der Waals surface area contributed by atoms with Crippen molar-refractivity contribution in [3.05, 3.63) is 76.3 Å². The molecule has 0 atom stereocenters. The normalized spacial score (nSPS) is 10.9. The molecule has 9 heteroatoms. The average molecular weight is 517 g/mol. The minimum absolute atomic E-state index is 0.0176. The highest BCUT2D eigenvalue weighted by Crippen LogP contribution is 2.32. The van der Waals surface area contributed by atoms with Crippen molar-refractivity contribution in [1.29, 1.82) is 0 Å². The van der Waals surface area contributed by atoms with Crippen molar-refractivity contribution >= 4 is 74.1 Å². The third-order valence-corrected chi connectivity index (χ3v) is 7.34. The number of nitrogens with zero attached hydrogens (tertiary/aromatic N) is 1. The van der Waals surface area contributed by atoms with Crippen LogP contribution in [0.3, 0.4) is 0 Å². The van der Waals surface area contributed by atoms with Gasteiger partial charge in [-0.25, -0.2) is 4.98 Å². The van der Waals surface area contributed by atoms with Gasteiger partial charge >= 0.3 is 5.97 Å². The van der Waals surface area contributed by atoms with Crippen molar-refractivity contribution < 1.29 is 14.3 Å². The smallest absolute Gasteiger partial charge is 0.316 e.